The molecule has 3 aromatic rings. The zero-order valence-electron chi connectivity index (χ0n) is 15.2. The Bertz CT molecular complexity index is 876. The van der Waals surface area contributed by atoms with Gasteiger partial charge in [-0.1, -0.05) is 11.6 Å². The summed E-state index contributed by atoms with van der Waals surface area (Å²) in [4.78, 5) is 14.8. The summed E-state index contributed by atoms with van der Waals surface area (Å²) in [5.74, 6) is 0.935. The number of carbonyl (C=O) groups is 1. The number of aromatic nitrogens is 1. The molecule has 7 heteroatoms. The van der Waals surface area contributed by atoms with Gasteiger partial charge in [-0.3, -0.25) is 4.79 Å². The van der Waals surface area contributed by atoms with Gasteiger partial charge in [-0.2, -0.15) is 0 Å². The third-order valence-corrected chi connectivity index (χ3v) is 4.46. The first-order valence-electron chi connectivity index (χ1n) is 8.45. The summed E-state index contributed by atoms with van der Waals surface area (Å²) in [7, 11) is 3.13. The Balaban J connectivity index is 1.94. The van der Waals surface area contributed by atoms with Crippen LogP contribution >= 0.6 is 11.6 Å². The van der Waals surface area contributed by atoms with Crippen LogP contribution in [0.3, 0.4) is 0 Å². The average molecular weight is 389 g/mol. The first-order chi connectivity index (χ1) is 13.1. The van der Waals surface area contributed by atoms with E-state index in [1.165, 1.54) is 7.11 Å². The van der Waals surface area contributed by atoms with Gasteiger partial charge >= 0.3 is 0 Å². The normalized spacial score (nSPS) is 10.8. The molecule has 0 saturated carbocycles. The summed E-state index contributed by atoms with van der Waals surface area (Å²) < 4.78 is 17.9. The van der Waals surface area contributed by atoms with E-state index in [1.807, 2.05) is 35.2 Å². The van der Waals surface area contributed by atoms with Gasteiger partial charge in [0.2, 0.25) is 0 Å². The molecule has 0 unspecified atom stereocenters. The molecular formula is C20H21ClN2O4. The first-order valence-corrected chi connectivity index (χ1v) is 8.83. The van der Waals surface area contributed by atoms with Crippen molar-refractivity contribution in [2.75, 3.05) is 27.4 Å². The van der Waals surface area contributed by atoms with Crippen LogP contribution in [0.25, 0.3) is 5.69 Å². The number of carbonyl (C=O) groups excluding carboxylic acids is 1. The SMILES string of the molecule is COCCN(Cc1ccco1)C(=O)c1cc(Cl)c(-n2cccc2)cc1OC. The second kappa shape index (κ2) is 8.79. The molecule has 0 spiro atoms. The van der Waals surface area contributed by atoms with Gasteiger partial charge in [-0.25, -0.2) is 0 Å². The number of rotatable bonds is 8. The Labute approximate surface area is 162 Å². The maximum atomic E-state index is 13.2. The predicted molar refractivity (Wildman–Crippen MR) is 103 cm³/mol. The van der Waals surface area contributed by atoms with Crippen molar-refractivity contribution in [2.45, 2.75) is 6.54 Å². The van der Waals surface area contributed by atoms with Gasteiger partial charge in [0.25, 0.3) is 5.91 Å². The van der Waals surface area contributed by atoms with Crippen molar-refractivity contribution < 1.29 is 18.7 Å². The molecule has 0 saturated heterocycles. The third kappa shape index (κ3) is 4.35. The Hall–Kier alpha value is -2.70. The number of amides is 1. The maximum Gasteiger partial charge on any atom is 0.258 e. The number of hydrogen-bond donors (Lipinski definition) is 0. The molecule has 0 aliphatic heterocycles. The van der Waals surface area contributed by atoms with E-state index in [9.17, 15) is 4.79 Å². The molecular weight excluding hydrogens is 368 g/mol. The number of furan rings is 1. The van der Waals surface area contributed by atoms with Crippen LogP contribution in [0.4, 0.5) is 0 Å². The smallest absolute Gasteiger partial charge is 0.258 e. The molecule has 1 amide bonds. The van der Waals surface area contributed by atoms with Gasteiger partial charge in [0.05, 0.1) is 42.8 Å². The Morgan fingerprint density at radius 2 is 2.00 bits per heavy atom. The van der Waals surface area contributed by atoms with Crippen molar-refractivity contribution in [1.82, 2.24) is 9.47 Å². The quantitative estimate of drug-likeness (QED) is 0.584. The standard InChI is InChI=1S/C20H21ClN2O4/c1-25-11-9-23(14-15-6-5-10-27-15)20(24)16-12-17(21)18(13-19(16)26-2)22-7-3-4-8-22/h3-8,10,12-13H,9,11,14H2,1-2H3. The van der Waals surface area contributed by atoms with Gasteiger partial charge in [-0.05, 0) is 30.3 Å². The predicted octanol–water partition coefficient (Wildman–Crippen LogP) is 4.02. The minimum Gasteiger partial charge on any atom is -0.496 e. The molecule has 0 aliphatic rings. The van der Waals surface area contributed by atoms with Crippen LogP contribution < -0.4 is 4.74 Å². The molecule has 0 radical (unpaired) electrons. The largest absolute Gasteiger partial charge is 0.496 e. The van der Waals surface area contributed by atoms with E-state index >= 15 is 0 Å². The summed E-state index contributed by atoms with van der Waals surface area (Å²) in [6, 6.07) is 10.8. The van der Waals surface area contributed by atoms with Crippen molar-refractivity contribution in [3.63, 3.8) is 0 Å². The summed E-state index contributed by atoms with van der Waals surface area (Å²) in [6.45, 7) is 1.15. The fourth-order valence-corrected chi connectivity index (χ4v) is 3.05. The monoisotopic (exact) mass is 388 g/mol. The van der Waals surface area contributed by atoms with Crippen molar-refractivity contribution in [3.05, 3.63) is 71.4 Å². The molecule has 0 bridgehead atoms. The Kier molecular flexibility index (Phi) is 6.21. The van der Waals surface area contributed by atoms with E-state index in [2.05, 4.69) is 0 Å². The second-order valence-electron chi connectivity index (χ2n) is 5.89. The van der Waals surface area contributed by atoms with Gasteiger partial charge in [0, 0.05) is 32.1 Å². The lowest BCUT2D eigenvalue weighted by molar-refractivity contribution is 0.0663. The molecule has 6 nitrogen and oxygen atoms in total. The molecule has 2 heterocycles. The van der Waals surface area contributed by atoms with Gasteiger partial charge in [0.15, 0.2) is 0 Å². The highest BCUT2D eigenvalue weighted by Crippen LogP contribution is 2.31. The van der Waals surface area contributed by atoms with E-state index < -0.39 is 0 Å². The Morgan fingerprint density at radius 1 is 1.22 bits per heavy atom. The van der Waals surface area contributed by atoms with Crippen molar-refractivity contribution in [2.24, 2.45) is 0 Å². The van der Waals surface area contributed by atoms with Gasteiger partial charge in [-0.15, -0.1) is 0 Å². The van der Waals surface area contributed by atoms with Gasteiger partial charge in [0.1, 0.15) is 11.5 Å². The minimum atomic E-state index is -0.207. The molecule has 1 aromatic carbocycles. The molecule has 0 N–H and O–H groups in total. The highest BCUT2D eigenvalue weighted by atomic mass is 35.5. The van der Waals surface area contributed by atoms with Crippen molar-refractivity contribution in [3.8, 4) is 11.4 Å². The van der Waals surface area contributed by atoms with Crippen LogP contribution in [0.5, 0.6) is 5.75 Å². The van der Waals surface area contributed by atoms with Crippen molar-refractivity contribution in [1.29, 1.82) is 0 Å². The number of benzene rings is 1. The van der Waals surface area contributed by atoms with E-state index in [-0.39, 0.29) is 5.91 Å². The van der Waals surface area contributed by atoms with Crippen molar-refractivity contribution >= 4 is 17.5 Å². The molecule has 0 aliphatic carbocycles. The molecule has 0 atom stereocenters. The molecule has 0 fully saturated rings. The summed E-state index contributed by atoms with van der Waals surface area (Å²) in [5.41, 5.74) is 1.13. The number of ether oxygens (including phenoxy) is 2. The fraction of sp³-hybridized carbons (Fsp3) is 0.250. The second-order valence-corrected chi connectivity index (χ2v) is 6.30. The molecule has 27 heavy (non-hydrogen) atoms. The lowest BCUT2D eigenvalue weighted by Crippen LogP contribution is -2.33. The number of nitrogens with zero attached hydrogens (tertiary/aromatic N) is 2. The molecule has 3 rings (SSSR count). The first kappa shape index (κ1) is 19.1. The zero-order chi connectivity index (χ0) is 19.2. The lowest BCUT2D eigenvalue weighted by Gasteiger charge is -2.23. The maximum absolute atomic E-state index is 13.2. The number of halogens is 1. The highest BCUT2D eigenvalue weighted by Gasteiger charge is 2.23. The van der Waals surface area contributed by atoms with E-state index in [0.717, 1.165) is 5.69 Å². The number of hydrogen-bond acceptors (Lipinski definition) is 4. The van der Waals surface area contributed by atoms with Crippen LogP contribution in [0.2, 0.25) is 5.02 Å². The van der Waals surface area contributed by atoms with Crippen LogP contribution in [-0.2, 0) is 11.3 Å². The van der Waals surface area contributed by atoms with E-state index in [4.69, 9.17) is 25.5 Å². The Morgan fingerprint density at radius 3 is 2.63 bits per heavy atom. The lowest BCUT2D eigenvalue weighted by atomic mass is 10.1. The third-order valence-electron chi connectivity index (χ3n) is 4.16. The average Bonchev–Trinajstić information content (AvgIpc) is 3.38. The van der Waals surface area contributed by atoms with E-state index in [0.29, 0.717) is 41.8 Å². The van der Waals surface area contributed by atoms with E-state index in [1.54, 1.807) is 36.5 Å². The van der Waals surface area contributed by atoms with Crippen LogP contribution in [-0.4, -0.2) is 42.7 Å². The summed E-state index contributed by atoms with van der Waals surface area (Å²) in [5, 5.41) is 0.458. The van der Waals surface area contributed by atoms with Crippen LogP contribution in [0.1, 0.15) is 16.1 Å². The highest BCUT2D eigenvalue weighted by molar-refractivity contribution is 6.33. The van der Waals surface area contributed by atoms with Gasteiger partial charge < -0.3 is 23.4 Å². The van der Waals surface area contributed by atoms with Crippen LogP contribution in [0.15, 0.2) is 59.5 Å². The minimum absolute atomic E-state index is 0.207. The van der Waals surface area contributed by atoms with Crippen LogP contribution in [0, 0.1) is 0 Å². The number of methoxy groups -OCH3 is 2. The summed E-state index contributed by atoms with van der Waals surface area (Å²) >= 11 is 6.46. The fourth-order valence-electron chi connectivity index (χ4n) is 2.79. The molecule has 2 aromatic heterocycles. The molecule has 142 valence electrons. The summed E-state index contributed by atoms with van der Waals surface area (Å²) in [6.07, 6.45) is 5.34. The zero-order valence-corrected chi connectivity index (χ0v) is 16.0. The topological polar surface area (TPSA) is 56.8 Å².